The molecule has 0 amide bonds. The van der Waals surface area contributed by atoms with Crippen molar-refractivity contribution in [2.45, 2.75) is 64.1 Å². The minimum Gasteiger partial charge on any atom is -0.351 e. The molecule has 2 heterocycles. The summed E-state index contributed by atoms with van der Waals surface area (Å²) >= 11 is 0. The highest BCUT2D eigenvalue weighted by atomic mass is 16.1. The maximum absolute atomic E-state index is 12.1. The van der Waals surface area contributed by atoms with Gasteiger partial charge in [-0.2, -0.15) is 5.10 Å². The van der Waals surface area contributed by atoms with E-state index in [2.05, 4.69) is 39.6 Å². The number of rotatable bonds is 5. The van der Waals surface area contributed by atoms with Crippen LogP contribution < -0.4 is 15.8 Å². The van der Waals surface area contributed by atoms with Crippen molar-refractivity contribution in [2.75, 3.05) is 18.0 Å². The van der Waals surface area contributed by atoms with Crippen molar-refractivity contribution in [3.63, 3.8) is 0 Å². The molecule has 1 saturated heterocycles. The second-order valence-corrected chi connectivity index (χ2v) is 8.19. The summed E-state index contributed by atoms with van der Waals surface area (Å²) in [6.45, 7) is 6.00. The maximum atomic E-state index is 12.1. The van der Waals surface area contributed by atoms with Crippen LogP contribution in [0.5, 0.6) is 0 Å². The van der Waals surface area contributed by atoms with Crippen molar-refractivity contribution >= 4 is 5.82 Å². The van der Waals surface area contributed by atoms with Crippen molar-refractivity contribution in [3.05, 3.63) is 57.9 Å². The first kappa shape index (κ1) is 18.2. The van der Waals surface area contributed by atoms with Crippen LogP contribution in [0.1, 0.15) is 50.3 Å². The third-order valence-corrected chi connectivity index (χ3v) is 5.91. The van der Waals surface area contributed by atoms with E-state index in [-0.39, 0.29) is 11.6 Å². The molecule has 0 saturated carbocycles. The van der Waals surface area contributed by atoms with Gasteiger partial charge in [-0.15, -0.1) is 0 Å². The number of nitrogens with one attached hydrogen (secondary N) is 1. The molecule has 1 N–H and O–H groups in total. The molecule has 1 fully saturated rings. The van der Waals surface area contributed by atoms with Crippen LogP contribution in [0.2, 0.25) is 0 Å². The molecule has 0 radical (unpaired) electrons. The van der Waals surface area contributed by atoms with Gasteiger partial charge < -0.3 is 10.2 Å². The lowest BCUT2D eigenvalue weighted by Gasteiger charge is -2.37. The van der Waals surface area contributed by atoms with Crippen molar-refractivity contribution in [3.8, 4) is 0 Å². The van der Waals surface area contributed by atoms with E-state index in [0.29, 0.717) is 12.1 Å². The van der Waals surface area contributed by atoms with Gasteiger partial charge >= 0.3 is 0 Å². The summed E-state index contributed by atoms with van der Waals surface area (Å²) in [6.07, 6.45) is 5.87. The summed E-state index contributed by atoms with van der Waals surface area (Å²) in [4.78, 5) is 14.5. The Labute approximate surface area is 161 Å². The van der Waals surface area contributed by atoms with Crippen molar-refractivity contribution in [2.24, 2.45) is 0 Å². The summed E-state index contributed by atoms with van der Waals surface area (Å²) in [5, 5.41) is 8.47. The van der Waals surface area contributed by atoms with Crippen LogP contribution in [0.4, 0.5) is 5.82 Å². The Kier molecular flexibility index (Phi) is 5.30. The van der Waals surface area contributed by atoms with Crippen molar-refractivity contribution < 1.29 is 0 Å². The van der Waals surface area contributed by atoms with E-state index in [0.717, 1.165) is 31.7 Å². The lowest BCUT2D eigenvalue weighted by Crippen LogP contribution is -2.48. The van der Waals surface area contributed by atoms with Crippen LogP contribution in [-0.2, 0) is 12.8 Å². The topological polar surface area (TPSA) is 50.2 Å². The summed E-state index contributed by atoms with van der Waals surface area (Å²) in [5.41, 5.74) is 2.95. The highest BCUT2D eigenvalue weighted by Gasteiger charge is 2.27. The van der Waals surface area contributed by atoms with E-state index >= 15 is 0 Å². The fourth-order valence-corrected chi connectivity index (χ4v) is 4.46. The molecule has 27 heavy (non-hydrogen) atoms. The van der Waals surface area contributed by atoms with Gasteiger partial charge in [0.05, 0.1) is 6.04 Å². The van der Waals surface area contributed by atoms with Gasteiger partial charge in [-0.1, -0.05) is 24.3 Å². The zero-order valence-corrected chi connectivity index (χ0v) is 16.4. The summed E-state index contributed by atoms with van der Waals surface area (Å²) < 4.78 is 1.60. The average Bonchev–Trinajstić information content (AvgIpc) is 3.10. The third kappa shape index (κ3) is 3.93. The van der Waals surface area contributed by atoms with E-state index in [1.165, 1.54) is 30.4 Å². The number of benzene rings is 1. The molecule has 1 aromatic carbocycles. The van der Waals surface area contributed by atoms with Gasteiger partial charge in [-0.05, 0) is 63.1 Å². The van der Waals surface area contributed by atoms with E-state index < -0.39 is 0 Å². The molecule has 1 aliphatic heterocycles. The van der Waals surface area contributed by atoms with Crippen LogP contribution in [0.3, 0.4) is 0 Å². The lowest BCUT2D eigenvalue weighted by atomic mass is 10.0. The highest BCUT2D eigenvalue weighted by molar-refractivity contribution is 5.39. The number of piperidine rings is 1. The number of anilines is 1. The summed E-state index contributed by atoms with van der Waals surface area (Å²) in [6, 6.07) is 13.4. The Morgan fingerprint density at radius 1 is 1.11 bits per heavy atom. The predicted octanol–water partition coefficient (Wildman–Crippen LogP) is 2.94. The molecular weight excluding hydrogens is 336 g/mol. The molecule has 2 aromatic rings. The molecule has 144 valence electrons. The van der Waals surface area contributed by atoms with Crippen molar-refractivity contribution in [1.29, 1.82) is 0 Å². The zero-order valence-electron chi connectivity index (χ0n) is 16.4. The number of aromatic nitrogens is 2. The molecule has 1 unspecified atom stereocenters. The van der Waals surface area contributed by atoms with Crippen LogP contribution in [0, 0.1) is 0 Å². The largest absolute Gasteiger partial charge is 0.351 e. The normalized spacial score (nSPS) is 20.3. The van der Waals surface area contributed by atoms with Gasteiger partial charge in [0.25, 0.3) is 5.56 Å². The third-order valence-electron chi connectivity index (χ3n) is 5.91. The predicted molar refractivity (Wildman–Crippen MR) is 110 cm³/mol. The molecule has 0 spiro atoms. The average molecular weight is 367 g/mol. The maximum Gasteiger partial charge on any atom is 0.267 e. The molecule has 1 atom stereocenters. The van der Waals surface area contributed by atoms with Crippen molar-refractivity contribution in [1.82, 2.24) is 15.1 Å². The van der Waals surface area contributed by atoms with Crippen LogP contribution in [0.15, 0.2) is 41.2 Å². The summed E-state index contributed by atoms with van der Waals surface area (Å²) in [7, 11) is 0. The second kappa shape index (κ2) is 7.85. The second-order valence-electron chi connectivity index (χ2n) is 8.19. The fourth-order valence-electron chi connectivity index (χ4n) is 4.46. The molecule has 1 aliphatic carbocycles. The molecule has 0 bridgehead atoms. The van der Waals surface area contributed by atoms with E-state index in [1.54, 1.807) is 10.7 Å². The van der Waals surface area contributed by atoms with E-state index in [4.69, 9.17) is 0 Å². The SMILES string of the molecule is CC(C)n1nc(N2CCCCC2CNC2Cc3ccccc3C2)ccc1=O. The Bertz CT molecular complexity index is 819. The fraction of sp³-hybridized carbons (Fsp3) is 0.545. The zero-order chi connectivity index (χ0) is 18.8. The van der Waals surface area contributed by atoms with E-state index in [1.807, 2.05) is 19.9 Å². The van der Waals surface area contributed by atoms with Crippen LogP contribution >= 0.6 is 0 Å². The number of fused-ring (bicyclic) bond motifs is 1. The molecule has 5 nitrogen and oxygen atoms in total. The Hall–Kier alpha value is -2.14. The highest BCUT2D eigenvalue weighted by Crippen LogP contribution is 2.24. The van der Waals surface area contributed by atoms with Gasteiger partial charge in [-0.3, -0.25) is 4.79 Å². The quantitative estimate of drug-likeness (QED) is 0.884. The van der Waals surface area contributed by atoms with Gasteiger partial charge in [0, 0.05) is 31.2 Å². The smallest absolute Gasteiger partial charge is 0.267 e. The Morgan fingerprint density at radius 3 is 2.56 bits per heavy atom. The molecule has 1 aromatic heterocycles. The van der Waals surface area contributed by atoms with Gasteiger partial charge in [0.1, 0.15) is 5.82 Å². The monoisotopic (exact) mass is 366 g/mol. The lowest BCUT2D eigenvalue weighted by molar-refractivity contribution is 0.402. The standard InChI is InChI=1S/C22H30N4O/c1-16(2)26-22(27)11-10-21(24-26)25-12-6-5-9-20(25)15-23-19-13-17-7-3-4-8-18(17)14-19/h3-4,7-8,10-11,16,19-20,23H,5-6,9,12-15H2,1-2H3. The number of hydrogen-bond acceptors (Lipinski definition) is 4. The molecule has 5 heteroatoms. The first-order valence-electron chi connectivity index (χ1n) is 10.3. The van der Waals surface area contributed by atoms with Gasteiger partial charge in [0.15, 0.2) is 0 Å². The first-order valence-corrected chi connectivity index (χ1v) is 10.3. The molecule has 4 rings (SSSR count). The number of nitrogens with zero attached hydrogens (tertiary/aromatic N) is 3. The van der Waals surface area contributed by atoms with Crippen LogP contribution in [-0.4, -0.2) is 35.0 Å². The minimum atomic E-state index is -0.0239. The summed E-state index contributed by atoms with van der Waals surface area (Å²) in [5.74, 6) is 0.935. The van der Waals surface area contributed by atoms with Gasteiger partial charge in [-0.25, -0.2) is 4.68 Å². The Morgan fingerprint density at radius 2 is 1.85 bits per heavy atom. The molecular formula is C22H30N4O. The first-order chi connectivity index (χ1) is 13.1. The molecule has 2 aliphatic rings. The number of hydrogen-bond donors (Lipinski definition) is 1. The van der Waals surface area contributed by atoms with Crippen LogP contribution in [0.25, 0.3) is 0 Å². The van der Waals surface area contributed by atoms with Gasteiger partial charge in [0.2, 0.25) is 0 Å². The van der Waals surface area contributed by atoms with E-state index in [9.17, 15) is 4.79 Å². The Balaban J connectivity index is 1.44. The minimum absolute atomic E-state index is 0.0239.